The first kappa shape index (κ1) is 16.6. The Morgan fingerprint density at radius 1 is 1.17 bits per heavy atom. The fraction of sp³-hybridized carbons (Fsp3) is 0.636. The minimum absolute atomic E-state index is 0.00833. The third-order valence-electron chi connectivity index (χ3n) is 2.04. The van der Waals surface area contributed by atoms with Crippen molar-refractivity contribution in [2.45, 2.75) is 32.7 Å². The van der Waals surface area contributed by atoms with Crippen LogP contribution in [-0.2, 0) is 23.9 Å². The molecule has 0 bridgehead atoms. The smallest absolute Gasteiger partial charge is 0.303 e. The molecule has 0 aliphatic carbocycles. The first-order valence-corrected chi connectivity index (χ1v) is 6.05. The van der Waals surface area contributed by atoms with Gasteiger partial charge in [-0.05, 0) is 0 Å². The number of amides is 1. The van der Waals surface area contributed by atoms with E-state index in [9.17, 15) is 19.2 Å². The Labute approximate surface area is 111 Å². The van der Waals surface area contributed by atoms with Crippen molar-refractivity contribution in [1.29, 1.82) is 0 Å². The van der Waals surface area contributed by atoms with Gasteiger partial charge < -0.3 is 10.1 Å². The van der Waals surface area contributed by atoms with Gasteiger partial charge in [0.15, 0.2) is 11.6 Å². The maximum absolute atomic E-state index is 11.6. The summed E-state index contributed by atoms with van der Waals surface area (Å²) in [5.74, 6) is -1.29. The molecular weight excluding hydrogens is 258 g/mol. The second-order valence-electron chi connectivity index (χ2n) is 3.72. The van der Waals surface area contributed by atoms with Crippen molar-refractivity contribution in [3.63, 3.8) is 0 Å². The van der Waals surface area contributed by atoms with Gasteiger partial charge in [0.25, 0.3) is 0 Å². The van der Waals surface area contributed by atoms with Gasteiger partial charge in [-0.3, -0.25) is 19.2 Å². The van der Waals surface area contributed by atoms with E-state index in [4.69, 9.17) is 0 Å². The summed E-state index contributed by atoms with van der Waals surface area (Å²) in [6.45, 7) is 2.18. The number of Topliss-reactive ketones (excluding diaryl/α,β-unsaturated/α-hetero) is 2. The number of thiol groups is 1. The van der Waals surface area contributed by atoms with Crippen molar-refractivity contribution >= 4 is 36.1 Å². The zero-order valence-electron chi connectivity index (χ0n) is 10.4. The number of hydrogen-bond donors (Lipinski definition) is 2. The Hall–Kier alpha value is -1.37. The normalized spacial score (nSPS) is 11.5. The molecule has 0 aromatic rings. The largest absolute Gasteiger partial charge is 0.458 e. The predicted octanol–water partition coefficient (Wildman–Crippen LogP) is -0.0976. The lowest BCUT2D eigenvalue weighted by molar-refractivity contribution is -0.145. The van der Waals surface area contributed by atoms with Crippen molar-refractivity contribution in [1.82, 2.24) is 5.32 Å². The van der Waals surface area contributed by atoms with Gasteiger partial charge in [0.2, 0.25) is 5.91 Å². The standard InChI is InChI=1S/C11H17NO5S/c1-7(13)12-10(6-18)11(16)4-3-9(15)5-17-8(2)14/h10,18H,3-6H2,1-2H3,(H,12,13). The first-order valence-electron chi connectivity index (χ1n) is 5.42. The van der Waals surface area contributed by atoms with Crippen molar-refractivity contribution in [3.05, 3.63) is 0 Å². The molecule has 102 valence electrons. The minimum Gasteiger partial charge on any atom is -0.458 e. The van der Waals surface area contributed by atoms with Crippen LogP contribution in [-0.4, -0.2) is 41.8 Å². The molecule has 0 radical (unpaired) electrons. The SMILES string of the molecule is CC(=O)NC(CS)C(=O)CCC(=O)COC(C)=O. The number of esters is 1. The molecule has 0 saturated heterocycles. The summed E-state index contributed by atoms with van der Waals surface area (Å²) >= 11 is 3.95. The van der Waals surface area contributed by atoms with E-state index < -0.39 is 12.0 Å². The number of hydrogen-bond acceptors (Lipinski definition) is 6. The number of rotatable bonds is 8. The second-order valence-corrected chi connectivity index (χ2v) is 4.09. The quantitative estimate of drug-likeness (QED) is 0.477. The van der Waals surface area contributed by atoms with Crippen molar-refractivity contribution in [3.8, 4) is 0 Å². The highest BCUT2D eigenvalue weighted by Crippen LogP contribution is 2.00. The Bertz CT molecular complexity index is 342. The number of ether oxygens (including phenoxy) is 1. The van der Waals surface area contributed by atoms with Crippen LogP contribution in [0.15, 0.2) is 0 Å². The van der Waals surface area contributed by atoms with Crippen LogP contribution in [0.1, 0.15) is 26.7 Å². The van der Waals surface area contributed by atoms with Crippen LogP contribution in [0.5, 0.6) is 0 Å². The van der Waals surface area contributed by atoms with Crippen molar-refractivity contribution < 1.29 is 23.9 Å². The summed E-state index contributed by atoms with van der Waals surface area (Å²) in [5, 5.41) is 2.44. The van der Waals surface area contributed by atoms with Crippen LogP contribution in [0.25, 0.3) is 0 Å². The molecule has 0 heterocycles. The molecule has 0 rings (SSSR count). The van der Waals surface area contributed by atoms with Crippen LogP contribution in [0.4, 0.5) is 0 Å². The molecule has 0 aliphatic rings. The molecule has 0 fully saturated rings. The zero-order chi connectivity index (χ0) is 14.1. The molecule has 18 heavy (non-hydrogen) atoms. The molecule has 0 saturated carbocycles. The average Bonchev–Trinajstić information content (AvgIpc) is 2.29. The monoisotopic (exact) mass is 275 g/mol. The Morgan fingerprint density at radius 3 is 2.22 bits per heavy atom. The van der Waals surface area contributed by atoms with E-state index >= 15 is 0 Å². The van der Waals surface area contributed by atoms with Crippen LogP contribution in [0, 0.1) is 0 Å². The summed E-state index contributed by atoms with van der Waals surface area (Å²) in [6, 6.07) is -0.688. The molecule has 7 heteroatoms. The summed E-state index contributed by atoms with van der Waals surface area (Å²) in [4.78, 5) is 44.2. The van der Waals surface area contributed by atoms with Gasteiger partial charge in [0.1, 0.15) is 6.61 Å². The summed E-state index contributed by atoms with van der Waals surface area (Å²) in [5.41, 5.74) is 0. The lowest BCUT2D eigenvalue weighted by atomic mass is 10.1. The van der Waals surface area contributed by atoms with Gasteiger partial charge in [0.05, 0.1) is 6.04 Å². The Morgan fingerprint density at radius 2 is 1.78 bits per heavy atom. The van der Waals surface area contributed by atoms with Gasteiger partial charge in [-0.25, -0.2) is 0 Å². The Balaban J connectivity index is 4.03. The summed E-state index contributed by atoms with van der Waals surface area (Å²) in [7, 11) is 0. The van der Waals surface area contributed by atoms with Crippen molar-refractivity contribution in [2.24, 2.45) is 0 Å². The van der Waals surface area contributed by atoms with Crippen LogP contribution in [0.3, 0.4) is 0 Å². The van der Waals surface area contributed by atoms with E-state index in [1.807, 2.05) is 0 Å². The minimum atomic E-state index is -0.688. The zero-order valence-corrected chi connectivity index (χ0v) is 11.3. The third-order valence-corrected chi connectivity index (χ3v) is 2.40. The summed E-state index contributed by atoms with van der Waals surface area (Å²) in [6.07, 6.45) is -0.0262. The molecule has 0 spiro atoms. The first-order chi connectivity index (χ1) is 8.36. The van der Waals surface area contributed by atoms with E-state index in [0.29, 0.717) is 0 Å². The maximum Gasteiger partial charge on any atom is 0.303 e. The Kier molecular flexibility index (Phi) is 8.02. The topological polar surface area (TPSA) is 89.5 Å². The average molecular weight is 275 g/mol. The second kappa shape index (κ2) is 8.68. The van der Waals surface area contributed by atoms with E-state index in [0.717, 1.165) is 0 Å². The van der Waals surface area contributed by atoms with Gasteiger partial charge in [0, 0.05) is 32.4 Å². The highest BCUT2D eigenvalue weighted by Gasteiger charge is 2.18. The summed E-state index contributed by atoms with van der Waals surface area (Å²) < 4.78 is 4.50. The van der Waals surface area contributed by atoms with Gasteiger partial charge >= 0.3 is 5.97 Å². The third kappa shape index (κ3) is 7.83. The van der Waals surface area contributed by atoms with E-state index in [1.165, 1.54) is 13.8 Å². The molecule has 0 aromatic heterocycles. The lowest BCUT2D eigenvalue weighted by Gasteiger charge is -2.13. The number of nitrogens with one attached hydrogen (secondary N) is 1. The number of carbonyl (C=O) groups is 4. The molecule has 1 N–H and O–H groups in total. The highest BCUT2D eigenvalue weighted by atomic mass is 32.1. The van der Waals surface area contributed by atoms with Crippen LogP contribution < -0.4 is 5.32 Å². The van der Waals surface area contributed by atoms with Gasteiger partial charge in [-0.1, -0.05) is 0 Å². The lowest BCUT2D eigenvalue weighted by Crippen LogP contribution is -2.41. The van der Waals surface area contributed by atoms with E-state index in [1.54, 1.807) is 0 Å². The molecule has 0 aliphatic heterocycles. The molecule has 1 amide bonds. The van der Waals surface area contributed by atoms with E-state index in [-0.39, 0.29) is 42.7 Å². The predicted molar refractivity (Wildman–Crippen MR) is 67.3 cm³/mol. The van der Waals surface area contributed by atoms with Gasteiger partial charge in [-0.2, -0.15) is 12.6 Å². The molecular formula is C11H17NO5S. The number of carbonyl (C=O) groups excluding carboxylic acids is 4. The fourth-order valence-electron chi connectivity index (χ4n) is 1.16. The fourth-order valence-corrected chi connectivity index (χ4v) is 1.46. The van der Waals surface area contributed by atoms with Crippen LogP contribution >= 0.6 is 12.6 Å². The maximum atomic E-state index is 11.6. The van der Waals surface area contributed by atoms with Gasteiger partial charge in [-0.15, -0.1) is 0 Å². The van der Waals surface area contributed by atoms with Crippen LogP contribution in [0.2, 0.25) is 0 Å². The van der Waals surface area contributed by atoms with E-state index in [2.05, 4.69) is 22.7 Å². The molecule has 1 atom stereocenters. The molecule has 0 aromatic carbocycles. The highest BCUT2D eigenvalue weighted by molar-refractivity contribution is 7.80. The van der Waals surface area contributed by atoms with Crippen molar-refractivity contribution in [2.75, 3.05) is 12.4 Å². The molecule has 6 nitrogen and oxygen atoms in total. The number of ketones is 2. The molecule has 1 unspecified atom stereocenters.